The molecule has 3 N–H and O–H groups in total. The van der Waals surface area contributed by atoms with Gasteiger partial charge in [-0.05, 0) is 18.2 Å². The molecule has 2 heterocycles. The molecule has 1 aliphatic rings. The number of imide groups is 1. The summed E-state index contributed by atoms with van der Waals surface area (Å²) in [4.78, 5) is 47.0. The fourth-order valence-electron chi connectivity index (χ4n) is 3.28. The van der Waals surface area contributed by atoms with Gasteiger partial charge in [0, 0.05) is 18.2 Å². The highest BCUT2D eigenvalue weighted by atomic mass is 19.4. The monoisotopic (exact) mass is 460 g/mol. The van der Waals surface area contributed by atoms with Crippen molar-refractivity contribution in [2.45, 2.75) is 6.18 Å². The normalized spacial score (nSPS) is 12.9. The number of alkyl halides is 3. The van der Waals surface area contributed by atoms with Crippen molar-refractivity contribution in [3.8, 4) is 17.2 Å². The van der Waals surface area contributed by atoms with E-state index in [2.05, 4.69) is 0 Å². The lowest BCUT2D eigenvalue weighted by Crippen LogP contribution is -2.24. The number of amides is 2. The van der Waals surface area contributed by atoms with Crippen LogP contribution >= 0.6 is 0 Å². The van der Waals surface area contributed by atoms with Crippen molar-refractivity contribution in [2.24, 2.45) is 0 Å². The number of nitrogens with one attached hydrogen (secondary N) is 1. The number of anilines is 1. The lowest BCUT2D eigenvalue weighted by molar-refractivity contribution is -0.384. The Bertz CT molecular complexity index is 1410. The maximum Gasteiger partial charge on any atom is 0.416 e. The highest BCUT2D eigenvalue weighted by Crippen LogP contribution is 2.34. The van der Waals surface area contributed by atoms with Crippen LogP contribution in [0.25, 0.3) is 5.69 Å². The summed E-state index contributed by atoms with van der Waals surface area (Å²) < 4.78 is 45.0. The van der Waals surface area contributed by atoms with Gasteiger partial charge in [0.1, 0.15) is 17.3 Å². The second-order valence-electron chi connectivity index (χ2n) is 6.85. The molecule has 0 unspecified atom stereocenters. The second kappa shape index (κ2) is 7.47. The number of pyridine rings is 1. The Morgan fingerprint density at radius 2 is 1.73 bits per heavy atom. The Labute approximate surface area is 181 Å². The Morgan fingerprint density at radius 3 is 2.39 bits per heavy atom. The molecule has 1 aliphatic heterocycles. The number of nitrogens with zero attached hydrogens (tertiary/aromatic N) is 2. The minimum atomic E-state index is -4.64. The summed E-state index contributed by atoms with van der Waals surface area (Å²) in [7, 11) is 0. The number of non-ortho nitro benzene ring substituents is 1. The van der Waals surface area contributed by atoms with Crippen LogP contribution < -0.4 is 21.3 Å². The zero-order valence-corrected chi connectivity index (χ0v) is 16.2. The molecule has 2 amide bonds. The van der Waals surface area contributed by atoms with Gasteiger partial charge in [-0.25, -0.2) is 0 Å². The molecule has 4 rings (SSSR count). The predicted molar refractivity (Wildman–Crippen MR) is 106 cm³/mol. The highest BCUT2D eigenvalue weighted by molar-refractivity contribution is 6.23. The van der Waals surface area contributed by atoms with Crippen LogP contribution in [0.3, 0.4) is 0 Å². The summed E-state index contributed by atoms with van der Waals surface area (Å²) in [5, 5.41) is 13.4. The van der Waals surface area contributed by atoms with Gasteiger partial charge in [0.05, 0.1) is 33.4 Å². The number of nitro groups is 1. The third kappa shape index (κ3) is 3.86. The number of benzene rings is 2. The number of ether oxygens (including phenoxy) is 1. The van der Waals surface area contributed by atoms with E-state index in [0.717, 1.165) is 41.0 Å². The largest absolute Gasteiger partial charge is 0.457 e. The summed E-state index contributed by atoms with van der Waals surface area (Å²) in [6, 6.07) is 7.68. The molecular weight excluding hydrogens is 449 g/mol. The third-order valence-corrected chi connectivity index (χ3v) is 4.70. The number of nitrogen functional groups attached to an aromatic ring is 1. The number of nitro benzene ring substituents is 1. The number of halogens is 3. The fourth-order valence-corrected chi connectivity index (χ4v) is 3.28. The fraction of sp³-hybridized carbons (Fsp3) is 0.0500. The number of rotatable bonds is 4. The van der Waals surface area contributed by atoms with E-state index in [-0.39, 0.29) is 28.3 Å². The number of aromatic nitrogens is 1. The number of hydrogen-bond donors (Lipinski definition) is 2. The third-order valence-electron chi connectivity index (χ3n) is 4.70. The van der Waals surface area contributed by atoms with Crippen LogP contribution in [0.4, 0.5) is 24.7 Å². The van der Waals surface area contributed by atoms with E-state index in [0.29, 0.717) is 6.07 Å². The first kappa shape index (κ1) is 21.5. The van der Waals surface area contributed by atoms with E-state index in [1.807, 2.05) is 5.32 Å². The molecule has 0 radical (unpaired) electrons. The number of carbonyl (C=O) groups is 2. The maximum absolute atomic E-state index is 13.0. The van der Waals surface area contributed by atoms with E-state index in [1.54, 1.807) is 0 Å². The number of hydrogen-bond acceptors (Lipinski definition) is 7. The van der Waals surface area contributed by atoms with Crippen molar-refractivity contribution in [2.75, 3.05) is 5.73 Å². The number of fused-ring (bicyclic) bond motifs is 1. The maximum atomic E-state index is 13.0. The van der Waals surface area contributed by atoms with Gasteiger partial charge < -0.3 is 10.5 Å². The molecule has 33 heavy (non-hydrogen) atoms. The van der Waals surface area contributed by atoms with Gasteiger partial charge in [-0.2, -0.15) is 13.2 Å². The van der Waals surface area contributed by atoms with Crippen molar-refractivity contribution in [1.82, 2.24) is 9.88 Å². The van der Waals surface area contributed by atoms with Gasteiger partial charge in [0.2, 0.25) is 0 Å². The zero-order valence-electron chi connectivity index (χ0n) is 16.2. The molecule has 168 valence electrons. The lowest BCUT2D eigenvalue weighted by atomic mass is 10.1. The summed E-state index contributed by atoms with van der Waals surface area (Å²) in [5.74, 6) is -2.67. The standard InChI is InChI=1S/C20H11F3N4O6/c21-20(22,23)9-2-1-3-12(4-9)33-13-6-10(5-11(7-13)27(31)32)26-15(28)8-14-16(17(26)24)19(30)25-18(14)29/h1-8H,24H2,(H,25,29,30). The minimum absolute atomic E-state index is 0.205. The molecule has 0 atom stereocenters. The quantitative estimate of drug-likeness (QED) is 0.346. The molecule has 13 heteroatoms. The van der Waals surface area contributed by atoms with Crippen LogP contribution in [0.1, 0.15) is 26.3 Å². The van der Waals surface area contributed by atoms with E-state index in [4.69, 9.17) is 10.5 Å². The average Bonchev–Trinajstić information content (AvgIpc) is 3.00. The Kier molecular flexibility index (Phi) is 4.88. The van der Waals surface area contributed by atoms with Gasteiger partial charge >= 0.3 is 6.18 Å². The van der Waals surface area contributed by atoms with Gasteiger partial charge in [0.15, 0.2) is 0 Å². The van der Waals surface area contributed by atoms with Crippen molar-refractivity contribution < 1.29 is 32.4 Å². The lowest BCUT2D eigenvalue weighted by Gasteiger charge is -2.14. The molecule has 0 spiro atoms. The highest BCUT2D eigenvalue weighted by Gasteiger charge is 2.33. The van der Waals surface area contributed by atoms with E-state index >= 15 is 0 Å². The van der Waals surface area contributed by atoms with E-state index in [9.17, 15) is 37.7 Å². The van der Waals surface area contributed by atoms with Gasteiger partial charge in [-0.3, -0.25) is 34.4 Å². The molecule has 0 fully saturated rings. The van der Waals surface area contributed by atoms with Crippen LogP contribution in [0.2, 0.25) is 0 Å². The van der Waals surface area contributed by atoms with Crippen molar-refractivity contribution in [3.05, 3.63) is 85.7 Å². The summed E-state index contributed by atoms with van der Waals surface area (Å²) in [6.45, 7) is 0. The van der Waals surface area contributed by atoms with Gasteiger partial charge in [-0.1, -0.05) is 6.07 Å². The first-order chi connectivity index (χ1) is 15.5. The number of nitrogens with two attached hydrogens (primary N) is 1. The first-order valence-corrected chi connectivity index (χ1v) is 9.02. The first-order valence-electron chi connectivity index (χ1n) is 9.02. The molecule has 0 saturated carbocycles. The second-order valence-corrected chi connectivity index (χ2v) is 6.85. The topological polar surface area (TPSA) is 147 Å². The summed E-state index contributed by atoms with van der Waals surface area (Å²) in [6.07, 6.45) is -4.64. The zero-order chi connectivity index (χ0) is 24.1. The molecule has 3 aromatic rings. The smallest absolute Gasteiger partial charge is 0.416 e. The predicted octanol–water partition coefficient (Wildman–Crippen LogP) is 3.02. The van der Waals surface area contributed by atoms with Crippen molar-refractivity contribution >= 4 is 23.3 Å². The minimum Gasteiger partial charge on any atom is -0.457 e. The molecule has 0 bridgehead atoms. The molecule has 0 aliphatic carbocycles. The van der Waals surface area contributed by atoms with E-state index < -0.39 is 45.5 Å². The Hall–Kier alpha value is -4.68. The average molecular weight is 460 g/mol. The van der Waals surface area contributed by atoms with Crippen LogP contribution in [-0.2, 0) is 6.18 Å². The van der Waals surface area contributed by atoms with Crippen LogP contribution in [-0.4, -0.2) is 21.3 Å². The van der Waals surface area contributed by atoms with Crippen LogP contribution in [0.15, 0.2) is 53.3 Å². The molecule has 1 aromatic heterocycles. The Morgan fingerprint density at radius 1 is 1.00 bits per heavy atom. The molecular formula is C20H11F3N4O6. The number of carbonyl (C=O) groups excluding carboxylic acids is 2. The van der Waals surface area contributed by atoms with Crippen LogP contribution in [0, 0.1) is 10.1 Å². The van der Waals surface area contributed by atoms with E-state index in [1.165, 1.54) is 6.07 Å². The van der Waals surface area contributed by atoms with Crippen LogP contribution in [0.5, 0.6) is 11.5 Å². The van der Waals surface area contributed by atoms with Gasteiger partial charge in [0.25, 0.3) is 23.1 Å². The Balaban J connectivity index is 1.85. The van der Waals surface area contributed by atoms with Gasteiger partial charge in [-0.15, -0.1) is 0 Å². The summed E-state index contributed by atoms with van der Waals surface area (Å²) in [5.41, 5.74) is 2.75. The molecule has 0 saturated heterocycles. The molecule has 10 nitrogen and oxygen atoms in total. The SMILES string of the molecule is Nc1c2c(cc(=O)n1-c1cc(Oc3cccc(C(F)(F)F)c3)cc([N+](=O)[O-])c1)C(=O)NC2=O. The van der Waals surface area contributed by atoms with Crippen molar-refractivity contribution in [1.29, 1.82) is 0 Å². The molecule has 2 aromatic carbocycles. The van der Waals surface area contributed by atoms with Crippen molar-refractivity contribution in [3.63, 3.8) is 0 Å². The summed E-state index contributed by atoms with van der Waals surface area (Å²) >= 11 is 0.